The van der Waals surface area contributed by atoms with E-state index in [0.29, 0.717) is 29.1 Å². The van der Waals surface area contributed by atoms with E-state index in [-0.39, 0.29) is 12.0 Å². The van der Waals surface area contributed by atoms with Gasteiger partial charge in [0, 0.05) is 11.3 Å². The number of methoxy groups -OCH3 is 1. The van der Waals surface area contributed by atoms with E-state index in [4.69, 9.17) is 26.4 Å². The van der Waals surface area contributed by atoms with Gasteiger partial charge in [-0.1, -0.05) is 38.1 Å². The molecule has 0 unspecified atom stereocenters. The molecule has 164 valence electrons. The highest BCUT2D eigenvalue weighted by atomic mass is 32.1. The number of nitrogens with zero attached hydrogens (tertiary/aromatic N) is 1. The van der Waals surface area contributed by atoms with Gasteiger partial charge in [-0.05, 0) is 55.7 Å². The second-order valence-corrected chi connectivity index (χ2v) is 8.66. The maximum atomic E-state index is 13.0. The smallest absolute Gasteiger partial charge is 0.317 e. The van der Waals surface area contributed by atoms with Gasteiger partial charge >= 0.3 is 5.97 Å². The van der Waals surface area contributed by atoms with Gasteiger partial charge < -0.3 is 19.5 Å². The second kappa shape index (κ2) is 8.04. The van der Waals surface area contributed by atoms with Crippen LogP contribution in [0.5, 0.6) is 11.5 Å². The third-order valence-electron chi connectivity index (χ3n) is 6.06. The Morgan fingerprint density at radius 2 is 1.97 bits per heavy atom. The molecule has 0 amide bonds. The molecule has 1 saturated heterocycles. The zero-order valence-electron chi connectivity index (χ0n) is 18.5. The minimum Gasteiger partial charge on any atom is -0.490 e. The zero-order chi connectivity index (χ0) is 22.3. The highest BCUT2D eigenvalue weighted by Gasteiger charge is 2.60. The predicted molar refractivity (Wildman–Crippen MR) is 124 cm³/mol. The molecular weight excluding hydrogens is 412 g/mol. The van der Waals surface area contributed by atoms with Crippen molar-refractivity contribution in [2.24, 2.45) is 5.92 Å². The number of anilines is 1. The first-order valence-corrected chi connectivity index (χ1v) is 11.0. The van der Waals surface area contributed by atoms with Crippen molar-refractivity contribution in [1.29, 1.82) is 0 Å². The Bertz CT molecular complexity index is 1010. The van der Waals surface area contributed by atoms with Crippen LogP contribution in [0.25, 0.3) is 0 Å². The lowest BCUT2D eigenvalue weighted by Gasteiger charge is -2.55. The first kappa shape index (κ1) is 21.4. The minimum absolute atomic E-state index is 0.362. The van der Waals surface area contributed by atoms with Gasteiger partial charge in [0.15, 0.2) is 16.6 Å². The standard InChI is InChI=1S/C24H28N2O4S/c1-6-29-18-9-7-8-17-20-19(22(27)28-5)24(4,30-21(17)18)26(23(31)25-20)16-12-10-15(11-13-16)14(2)3/h7-14,19-20H,6H2,1-5H3,(H,25,31)/t19-,20+,24+/m1/s1. The largest absolute Gasteiger partial charge is 0.490 e. The van der Waals surface area contributed by atoms with Gasteiger partial charge in [-0.2, -0.15) is 0 Å². The van der Waals surface area contributed by atoms with Gasteiger partial charge in [0.25, 0.3) is 0 Å². The van der Waals surface area contributed by atoms with E-state index in [1.165, 1.54) is 12.7 Å². The number of carbonyl (C=O) groups excluding carboxylic acids is 1. The molecule has 2 aromatic rings. The average Bonchev–Trinajstić information content (AvgIpc) is 2.74. The molecule has 0 aromatic heterocycles. The summed E-state index contributed by atoms with van der Waals surface area (Å²) < 4.78 is 17.6. The van der Waals surface area contributed by atoms with Crippen LogP contribution in [0.3, 0.4) is 0 Å². The predicted octanol–water partition coefficient (Wildman–Crippen LogP) is 4.54. The minimum atomic E-state index is -1.10. The number of para-hydroxylation sites is 1. The number of ether oxygens (including phenoxy) is 3. The molecule has 0 aliphatic carbocycles. The SMILES string of the molecule is CCOc1cccc2c1O[C@@]1(C)[C@@H](C(=O)OC)[C@H]2NC(=S)N1c1ccc(C(C)C)cc1. The molecule has 0 radical (unpaired) electrons. The molecule has 2 bridgehead atoms. The second-order valence-electron chi connectivity index (χ2n) is 8.27. The average molecular weight is 441 g/mol. The molecule has 0 saturated carbocycles. The summed E-state index contributed by atoms with van der Waals surface area (Å²) in [6.45, 7) is 8.62. The van der Waals surface area contributed by atoms with Crippen LogP contribution in [0.2, 0.25) is 0 Å². The quantitative estimate of drug-likeness (QED) is 0.541. The lowest BCUT2D eigenvalue weighted by atomic mass is 9.79. The van der Waals surface area contributed by atoms with E-state index >= 15 is 0 Å². The van der Waals surface area contributed by atoms with Crippen LogP contribution in [-0.2, 0) is 9.53 Å². The van der Waals surface area contributed by atoms with Crippen LogP contribution in [0.15, 0.2) is 42.5 Å². The topological polar surface area (TPSA) is 60.0 Å². The van der Waals surface area contributed by atoms with Crippen LogP contribution in [0.1, 0.15) is 50.8 Å². The summed E-state index contributed by atoms with van der Waals surface area (Å²) >= 11 is 5.76. The van der Waals surface area contributed by atoms with Crippen molar-refractivity contribution in [1.82, 2.24) is 5.32 Å². The molecule has 0 spiro atoms. The van der Waals surface area contributed by atoms with Gasteiger partial charge in [-0.15, -0.1) is 0 Å². The van der Waals surface area contributed by atoms with Crippen molar-refractivity contribution in [3.8, 4) is 11.5 Å². The van der Waals surface area contributed by atoms with Crippen LogP contribution in [-0.4, -0.2) is 30.5 Å². The Kier molecular flexibility index (Phi) is 5.56. The van der Waals surface area contributed by atoms with Crippen molar-refractivity contribution < 1.29 is 19.0 Å². The monoisotopic (exact) mass is 440 g/mol. The number of carbonyl (C=O) groups is 1. The lowest BCUT2D eigenvalue weighted by Crippen LogP contribution is -2.71. The van der Waals surface area contributed by atoms with Gasteiger partial charge in [0.1, 0.15) is 5.92 Å². The number of fused-ring (bicyclic) bond motifs is 4. The summed E-state index contributed by atoms with van der Waals surface area (Å²) in [4.78, 5) is 14.9. The van der Waals surface area contributed by atoms with Gasteiger partial charge in [0.2, 0.25) is 5.72 Å². The maximum absolute atomic E-state index is 13.0. The molecule has 2 aliphatic rings. The van der Waals surface area contributed by atoms with Crippen molar-refractivity contribution in [2.75, 3.05) is 18.6 Å². The fraction of sp³-hybridized carbons (Fsp3) is 0.417. The molecule has 3 atom stereocenters. The van der Waals surface area contributed by atoms with Gasteiger partial charge in [0.05, 0.1) is 19.8 Å². The number of benzene rings is 2. The van der Waals surface area contributed by atoms with Crippen LogP contribution in [0.4, 0.5) is 5.69 Å². The highest BCUT2D eigenvalue weighted by Crippen LogP contribution is 2.52. The van der Waals surface area contributed by atoms with Gasteiger partial charge in [-0.25, -0.2) is 0 Å². The molecule has 2 aliphatic heterocycles. The molecule has 4 rings (SSSR count). The maximum Gasteiger partial charge on any atom is 0.317 e. The molecule has 1 N–H and O–H groups in total. The molecule has 6 nitrogen and oxygen atoms in total. The van der Waals surface area contributed by atoms with Crippen molar-refractivity contribution in [2.45, 2.75) is 45.4 Å². The Hall–Kier alpha value is -2.80. The van der Waals surface area contributed by atoms with Crippen LogP contribution < -0.4 is 19.7 Å². The van der Waals surface area contributed by atoms with Gasteiger partial charge in [-0.3, -0.25) is 9.69 Å². The Morgan fingerprint density at radius 3 is 2.58 bits per heavy atom. The lowest BCUT2D eigenvalue weighted by molar-refractivity contribution is -0.157. The normalized spacial score (nSPS) is 24.2. The summed E-state index contributed by atoms with van der Waals surface area (Å²) in [5, 5.41) is 3.87. The first-order chi connectivity index (χ1) is 14.8. The molecular formula is C24H28N2O4S. The van der Waals surface area contributed by atoms with Crippen molar-refractivity contribution >= 4 is 29.0 Å². The number of hydrogen-bond donors (Lipinski definition) is 1. The van der Waals surface area contributed by atoms with E-state index < -0.39 is 11.6 Å². The Balaban J connectivity index is 1.87. The van der Waals surface area contributed by atoms with E-state index in [1.54, 1.807) is 0 Å². The number of esters is 1. The number of nitrogens with one attached hydrogen (secondary N) is 1. The summed E-state index contributed by atoms with van der Waals surface area (Å²) in [5.41, 5.74) is 1.80. The summed E-state index contributed by atoms with van der Waals surface area (Å²) in [6, 6.07) is 13.5. The van der Waals surface area contributed by atoms with E-state index in [2.05, 4.69) is 31.3 Å². The molecule has 7 heteroatoms. The number of thiocarbonyl (C=S) groups is 1. The Morgan fingerprint density at radius 1 is 1.26 bits per heavy atom. The number of hydrogen-bond acceptors (Lipinski definition) is 5. The van der Waals surface area contributed by atoms with E-state index in [1.807, 2.05) is 49.1 Å². The first-order valence-electron chi connectivity index (χ1n) is 10.5. The Labute approximate surface area is 188 Å². The summed E-state index contributed by atoms with van der Waals surface area (Å²) in [6.07, 6.45) is 0. The van der Waals surface area contributed by atoms with Crippen LogP contribution in [0, 0.1) is 5.92 Å². The molecule has 2 aromatic carbocycles. The van der Waals surface area contributed by atoms with Crippen LogP contribution >= 0.6 is 12.2 Å². The third kappa shape index (κ3) is 3.41. The van der Waals surface area contributed by atoms with Crippen molar-refractivity contribution in [3.05, 3.63) is 53.6 Å². The summed E-state index contributed by atoms with van der Waals surface area (Å²) in [7, 11) is 1.40. The fourth-order valence-electron chi connectivity index (χ4n) is 4.52. The third-order valence-corrected chi connectivity index (χ3v) is 6.36. The van der Waals surface area contributed by atoms with E-state index in [0.717, 1.165) is 11.3 Å². The van der Waals surface area contributed by atoms with E-state index in [9.17, 15) is 4.79 Å². The summed E-state index contributed by atoms with van der Waals surface area (Å²) in [5.74, 6) is 0.673. The van der Waals surface area contributed by atoms with Crippen molar-refractivity contribution in [3.63, 3.8) is 0 Å². The molecule has 1 fully saturated rings. The molecule has 31 heavy (non-hydrogen) atoms. The fourth-order valence-corrected chi connectivity index (χ4v) is 4.94. The molecule has 2 heterocycles. The number of rotatable bonds is 5. The highest BCUT2D eigenvalue weighted by molar-refractivity contribution is 7.80. The zero-order valence-corrected chi connectivity index (χ0v) is 19.3.